The summed E-state index contributed by atoms with van der Waals surface area (Å²) >= 11 is 0. The zero-order valence-electron chi connectivity index (χ0n) is 24.6. The van der Waals surface area contributed by atoms with Crippen LogP contribution >= 0.6 is 0 Å². The molecule has 0 saturated heterocycles. The fourth-order valence-corrected chi connectivity index (χ4v) is 5.75. The Hall–Kier alpha value is -3.36. The second-order valence-electron chi connectivity index (χ2n) is 11.4. The van der Waals surface area contributed by atoms with Crippen molar-refractivity contribution in [3.05, 3.63) is 70.8 Å². The van der Waals surface area contributed by atoms with Gasteiger partial charge in [0.1, 0.15) is 0 Å². The highest BCUT2D eigenvalue weighted by atomic mass is 16.2. The fraction of sp³-hybridized carbons (Fsp3) is 0.515. The lowest BCUT2D eigenvalue weighted by Crippen LogP contribution is -2.33. The van der Waals surface area contributed by atoms with Gasteiger partial charge < -0.3 is 9.80 Å². The summed E-state index contributed by atoms with van der Waals surface area (Å²) in [5, 5.41) is 0. The maximum atomic E-state index is 12.5. The van der Waals surface area contributed by atoms with E-state index in [1.807, 2.05) is 0 Å². The van der Waals surface area contributed by atoms with Crippen LogP contribution in [-0.4, -0.2) is 96.6 Å². The van der Waals surface area contributed by atoms with Crippen molar-refractivity contribution in [1.29, 1.82) is 0 Å². The predicted octanol–water partition coefficient (Wildman–Crippen LogP) is 4.95. The predicted molar refractivity (Wildman–Crippen MR) is 160 cm³/mol. The van der Waals surface area contributed by atoms with Crippen molar-refractivity contribution < 1.29 is 19.2 Å². The molecular formula is C33H44N4O4. The van der Waals surface area contributed by atoms with Crippen molar-refractivity contribution in [2.75, 3.05) is 53.4 Å². The molecule has 0 spiro atoms. The van der Waals surface area contributed by atoms with Crippen molar-refractivity contribution in [3.8, 4) is 0 Å². The number of nitrogens with zero attached hydrogens (tertiary/aromatic N) is 4. The first kappa shape index (κ1) is 30.6. The molecule has 2 aliphatic heterocycles. The summed E-state index contributed by atoms with van der Waals surface area (Å²) in [6.07, 6.45) is 10.1. The van der Waals surface area contributed by atoms with Gasteiger partial charge in [-0.2, -0.15) is 0 Å². The Bertz CT molecular complexity index is 1070. The summed E-state index contributed by atoms with van der Waals surface area (Å²) in [7, 11) is 4.22. The van der Waals surface area contributed by atoms with Crippen molar-refractivity contribution in [1.82, 2.24) is 19.6 Å². The first-order valence-corrected chi connectivity index (χ1v) is 15.2. The monoisotopic (exact) mass is 560 g/mol. The van der Waals surface area contributed by atoms with E-state index in [1.54, 1.807) is 48.5 Å². The molecule has 0 radical (unpaired) electrons. The first-order valence-electron chi connectivity index (χ1n) is 15.2. The Labute approximate surface area is 244 Å². The highest BCUT2D eigenvalue weighted by Gasteiger charge is 2.35. The zero-order chi connectivity index (χ0) is 29.2. The van der Waals surface area contributed by atoms with Gasteiger partial charge in [-0.1, -0.05) is 56.4 Å². The molecule has 8 heteroatoms. The molecule has 0 aromatic heterocycles. The van der Waals surface area contributed by atoms with Crippen LogP contribution in [0.1, 0.15) is 99.2 Å². The molecule has 2 aliphatic rings. The van der Waals surface area contributed by atoms with E-state index < -0.39 is 0 Å². The van der Waals surface area contributed by atoms with Crippen LogP contribution in [0, 0.1) is 0 Å². The van der Waals surface area contributed by atoms with Gasteiger partial charge in [-0.05, 0) is 90.2 Å². The molecule has 220 valence electrons. The van der Waals surface area contributed by atoms with E-state index in [1.165, 1.54) is 54.7 Å². The van der Waals surface area contributed by atoms with E-state index in [-0.39, 0.29) is 23.6 Å². The molecule has 2 aromatic carbocycles. The minimum absolute atomic E-state index is 0.167. The smallest absolute Gasteiger partial charge is 0.261 e. The van der Waals surface area contributed by atoms with Gasteiger partial charge in [-0.3, -0.25) is 29.0 Å². The van der Waals surface area contributed by atoms with Crippen LogP contribution < -0.4 is 0 Å². The lowest BCUT2D eigenvalue weighted by Gasteiger charge is -2.19. The average molecular weight is 561 g/mol. The molecule has 8 nitrogen and oxygen atoms in total. The number of hydrogen-bond donors (Lipinski definition) is 0. The zero-order valence-corrected chi connectivity index (χ0v) is 24.6. The Morgan fingerprint density at radius 3 is 1.02 bits per heavy atom. The van der Waals surface area contributed by atoms with Gasteiger partial charge in [0.15, 0.2) is 0 Å². The highest BCUT2D eigenvalue weighted by Crippen LogP contribution is 2.23. The molecule has 2 aromatic rings. The number of imide groups is 2. The molecule has 0 atom stereocenters. The largest absolute Gasteiger partial charge is 0.306 e. The molecule has 0 fully saturated rings. The van der Waals surface area contributed by atoms with E-state index in [0.717, 1.165) is 39.0 Å². The molecular weight excluding hydrogens is 516 g/mol. The second-order valence-corrected chi connectivity index (χ2v) is 11.4. The summed E-state index contributed by atoms with van der Waals surface area (Å²) < 4.78 is 0. The van der Waals surface area contributed by atoms with Gasteiger partial charge in [-0.25, -0.2) is 0 Å². The fourth-order valence-electron chi connectivity index (χ4n) is 5.75. The number of benzene rings is 2. The van der Waals surface area contributed by atoms with Gasteiger partial charge in [0.25, 0.3) is 23.6 Å². The van der Waals surface area contributed by atoms with Crippen LogP contribution in [0.25, 0.3) is 0 Å². The third kappa shape index (κ3) is 7.89. The van der Waals surface area contributed by atoms with Crippen molar-refractivity contribution >= 4 is 23.6 Å². The van der Waals surface area contributed by atoms with Crippen molar-refractivity contribution in [3.63, 3.8) is 0 Å². The third-order valence-corrected chi connectivity index (χ3v) is 8.18. The normalized spacial score (nSPS) is 14.6. The van der Waals surface area contributed by atoms with E-state index in [9.17, 15) is 19.2 Å². The summed E-state index contributed by atoms with van der Waals surface area (Å²) in [6.45, 7) is 4.76. The number of amides is 4. The molecule has 0 aliphatic carbocycles. The van der Waals surface area contributed by atoms with E-state index in [4.69, 9.17) is 0 Å². The SMILES string of the molecule is CN(CCCCCCCCCN(C)CCCN1C(=O)c2ccccc2C1=O)CCCN1C(=O)c2ccccc2C1=O. The van der Waals surface area contributed by atoms with Crippen molar-refractivity contribution in [2.45, 2.75) is 57.8 Å². The Morgan fingerprint density at radius 1 is 0.439 bits per heavy atom. The number of carbonyl (C=O) groups is 4. The van der Waals surface area contributed by atoms with Gasteiger partial charge >= 0.3 is 0 Å². The lowest BCUT2D eigenvalue weighted by atomic mass is 10.1. The van der Waals surface area contributed by atoms with Crippen LogP contribution in [0.3, 0.4) is 0 Å². The number of hydrogen-bond acceptors (Lipinski definition) is 6. The Balaban J connectivity index is 0.954. The maximum absolute atomic E-state index is 12.5. The quantitative estimate of drug-likeness (QED) is 0.190. The number of unbranched alkanes of at least 4 members (excludes halogenated alkanes) is 6. The molecule has 0 unspecified atom stereocenters. The molecule has 4 amide bonds. The third-order valence-electron chi connectivity index (χ3n) is 8.18. The Morgan fingerprint density at radius 2 is 0.707 bits per heavy atom. The summed E-state index contributed by atoms with van der Waals surface area (Å²) in [5.74, 6) is -0.669. The van der Waals surface area contributed by atoms with Crippen LogP contribution in [0.15, 0.2) is 48.5 Å². The van der Waals surface area contributed by atoms with Gasteiger partial charge in [0.05, 0.1) is 22.3 Å². The van der Waals surface area contributed by atoms with Crippen LogP contribution in [-0.2, 0) is 0 Å². The minimum atomic E-state index is -0.167. The number of fused-ring (bicyclic) bond motifs is 2. The van der Waals surface area contributed by atoms with Gasteiger partial charge in [0.2, 0.25) is 0 Å². The standard InChI is InChI=1S/C33H44N4O4/c1-34(22-14-24-36-30(38)26-16-8-9-17-27(26)31(36)39)20-12-6-4-3-5-7-13-21-35(2)23-15-25-37-32(40)28-18-10-11-19-29(28)33(37)41/h8-11,16-19H,3-7,12-15,20-25H2,1-2H3. The number of carbonyl (C=O) groups excluding carboxylic acids is 4. The van der Waals surface area contributed by atoms with Gasteiger partial charge in [-0.15, -0.1) is 0 Å². The van der Waals surface area contributed by atoms with E-state index >= 15 is 0 Å². The van der Waals surface area contributed by atoms with E-state index in [0.29, 0.717) is 35.3 Å². The highest BCUT2D eigenvalue weighted by molar-refractivity contribution is 6.22. The Kier molecular flexibility index (Phi) is 11.2. The minimum Gasteiger partial charge on any atom is -0.306 e. The maximum Gasteiger partial charge on any atom is 0.261 e. The van der Waals surface area contributed by atoms with Gasteiger partial charge in [0, 0.05) is 13.1 Å². The van der Waals surface area contributed by atoms with Crippen LogP contribution in [0.5, 0.6) is 0 Å². The molecule has 2 heterocycles. The lowest BCUT2D eigenvalue weighted by molar-refractivity contribution is 0.0633. The van der Waals surface area contributed by atoms with Crippen LogP contribution in [0.4, 0.5) is 0 Å². The van der Waals surface area contributed by atoms with Crippen LogP contribution in [0.2, 0.25) is 0 Å². The van der Waals surface area contributed by atoms with E-state index in [2.05, 4.69) is 23.9 Å². The molecule has 4 rings (SSSR count). The molecule has 0 saturated carbocycles. The first-order chi connectivity index (χ1) is 19.9. The second kappa shape index (κ2) is 15.0. The molecule has 41 heavy (non-hydrogen) atoms. The topological polar surface area (TPSA) is 81.2 Å². The summed E-state index contributed by atoms with van der Waals surface area (Å²) in [5.41, 5.74) is 2.09. The number of rotatable bonds is 18. The summed E-state index contributed by atoms with van der Waals surface area (Å²) in [4.78, 5) is 57.2. The van der Waals surface area contributed by atoms with Crippen molar-refractivity contribution in [2.24, 2.45) is 0 Å². The molecule has 0 N–H and O–H groups in total. The summed E-state index contributed by atoms with van der Waals surface area (Å²) in [6, 6.07) is 14.1. The molecule has 0 bridgehead atoms. The average Bonchev–Trinajstić information content (AvgIpc) is 3.37.